The van der Waals surface area contributed by atoms with Crippen LogP contribution >= 0.6 is 0 Å². The third-order valence-electron chi connectivity index (χ3n) is 3.96. The van der Waals surface area contributed by atoms with E-state index in [1.165, 1.54) is 6.26 Å². The van der Waals surface area contributed by atoms with Crippen molar-refractivity contribution >= 4 is 26.9 Å². The lowest BCUT2D eigenvalue weighted by Crippen LogP contribution is -2.46. The third-order valence-corrected chi connectivity index (χ3v) is 4.89. The van der Waals surface area contributed by atoms with Crippen molar-refractivity contribution in [1.82, 2.24) is 19.3 Å². The molecule has 0 saturated heterocycles. The van der Waals surface area contributed by atoms with Crippen molar-refractivity contribution in [1.29, 1.82) is 0 Å². The number of aryl methyl sites for hydroxylation is 3. The van der Waals surface area contributed by atoms with Gasteiger partial charge in [0.25, 0.3) is 0 Å². The summed E-state index contributed by atoms with van der Waals surface area (Å²) >= 11 is 0. The van der Waals surface area contributed by atoms with E-state index in [-0.39, 0.29) is 0 Å². The quantitative estimate of drug-likeness (QED) is 0.826. The van der Waals surface area contributed by atoms with Crippen molar-refractivity contribution in [3.05, 3.63) is 17.1 Å². The maximum atomic E-state index is 11.7. The molecule has 7 nitrogen and oxygen atoms in total. The molecule has 0 atom stereocenters. The van der Waals surface area contributed by atoms with Gasteiger partial charge in [0.1, 0.15) is 11.3 Å². The SMILES string of the molecule is CCCc1nc2c(N)nc(C)c(C)c2n1CC(C)(C)NS(C)(=O)=O. The smallest absolute Gasteiger partial charge is 0.209 e. The van der Waals surface area contributed by atoms with E-state index in [4.69, 9.17) is 5.73 Å². The van der Waals surface area contributed by atoms with Crippen LogP contribution in [0.2, 0.25) is 0 Å². The molecular formula is C16H27N5O2S. The van der Waals surface area contributed by atoms with Gasteiger partial charge in [0.2, 0.25) is 10.0 Å². The Bertz CT molecular complexity index is 868. The van der Waals surface area contributed by atoms with Crippen molar-refractivity contribution in [2.75, 3.05) is 12.0 Å². The number of anilines is 1. The fourth-order valence-corrected chi connectivity index (χ4v) is 4.13. The zero-order chi connectivity index (χ0) is 18.3. The van der Waals surface area contributed by atoms with Gasteiger partial charge < -0.3 is 10.3 Å². The number of hydrogen-bond donors (Lipinski definition) is 2. The van der Waals surface area contributed by atoms with Gasteiger partial charge in [-0.05, 0) is 39.7 Å². The van der Waals surface area contributed by atoms with Crippen LogP contribution in [0.15, 0.2) is 0 Å². The summed E-state index contributed by atoms with van der Waals surface area (Å²) in [7, 11) is -3.31. The number of fused-ring (bicyclic) bond motifs is 1. The molecule has 2 heterocycles. The summed E-state index contributed by atoms with van der Waals surface area (Å²) in [4.78, 5) is 9.04. The number of imidazole rings is 1. The van der Waals surface area contributed by atoms with Crippen molar-refractivity contribution in [2.24, 2.45) is 0 Å². The predicted octanol–water partition coefficient (Wildman–Crippen LogP) is 1.91. The average molecular weight is 353 g/mol. The molecule has 0 aliphatic rings. The Hall–Kier alpha value is -1.67. The van der Waals surface area contributed by atoms with Gasteiger partial charge in [0, 0.05) is 24.2 Å². The summed E-state index contributed by atoms with van der Waals surface area (Å²) in [6.45, 7) is 10.2. The van der Waals surface area contributed by atoms with Crippen molar-refractivity contribution in [3.8, 4) is 0 Å². The highest BCUT2D eigenvalue weighted by molar-refractivity contribution is 7.88. The molecule has 0 aliphatic heterocycles. The molecule has 0 radical (unpaired) electrons. The number of rotatable bonds is 6. The minimum absolute atomic E-state index is 0.415. The fourth-order valence-electron chi connectivity index (χ4n) is 3.06. The van der Waals surface area contributed by atoms with Gasteiger partial charge in [0.15, 0.2) is 5.82 Å². The summed E-state index contributed by atoms with van der Waals surface area (Å²) in [6, 6.07) is 0. The topological polar surface area (TPSA) is 103 Å². The van der Waals surface area contributed by atoms with E-state index in [1.54, 1.807) is 0 Å². The molecule has 24 heavy (non-hydrogen) atoms. The molecule has 0 saturated carbocycles. The Morgan fingerprint density at radius 3 is 2.42 bits per heavy atom. The molecule has 8 heteroatoms. The second-order valence-electron chi connectivity index (χ2n) is 7.03. The van der Waals surface area contributed by atoms with Gasteiger partial charge in [-0.25, -0.2) is 23.1 Å². The molecule has 134 valence electrons. The third kappa shape index (κ3) is 3.87. The van der Waals surface area contributed by atoms with Crippen molar-refractivity contribution < 1.29 is 8.42 Å². The van der Waals surface area contributed by atoms with Gasteiger partial charge in [-0.1, -0.05) is 6.92 Å². The summed E-state index contributed by atoms with van der Waals surface area (Å²) < 4.78 is 28.1. The highest BCUT2D eigenvalue weighted by Crippen LogP contribution is 2.28. The van der Waals surface area contributed by atoms with E-state index in [9.17, 15) is 8.42 Å². The summed E-state index contributed by atoms with van der Waals surface area (Å²) in [5.74, 6) is 1.32. The number of nitrogens with one attached hydrogen (secondary N) is 1. The molecule has 0 aliphatic carbocycles. The van der Waals surface area contributed by atoms with Crippen LogP contribution in [0.5, 0.6) is 0 Å². The van der Waals surface area contributed by atoms with Crippen LogP contribution in [0.25, 0.3) is 11.0 Å². The molecule has 3 N–H and O–H groups in total. The van der Waals surface area contributed by atoms with E-state index in [2.05, 4.69) is 26.2 Å². The number of hydrogen-bond acceptors (Lipinski definition) is 5. The molecule has 0 spiro atoms. The van der Waals surface area contributed by atoms with Gasteiger partial charge in [0.05, 0.1) is 11.8 Å². The van der Waals surface area contributed by atoms with Crippen LogP contribution in [0.3, 0.4) is 0 Å². The lowest BCUT2D eigenvalue weighted by Gasteiger charge is -2.27. The van der Waals surface area contributed by atoms with Gasteiger partial charge >= 0.3 is 0 Å². The van der Waals surface area contributed by atoms with Crippen LogP contribution in [-0.2, 0) is 23.0 Å². The molecule has 0 amide bonds. The van der Waals surface area contributed by atoms with E-state index in [0.29, 0.717) is 17.9 Å². The Morgan fingerprint density at radius 1 is 1.25 bits per heavy atom. The second-order valence-corrected chi connectivity index (χ2v) is 8.78. The first-order valence-electron chi connectivity index (χ1n) is 8.06. The monoisotopic (exact) mass is 353 g/mol. The Balaban J connectivity index is 2.65. The Labute approximate surface area is 143 Å². The number of aromatic nitrogens is 3. The minimum Gasteiger partial charge on any atom is -0.382 e. The summed E-state index contributed by atoms with van der Waals surface area (Å²) in [5.41, 5.74) is 8.93. The molecule has 0 fully saturated rings. The lowest BCUT2D eigenvalue weighted by molar-refractivity contribution is 0.389. The standard InChI is InChI=1S/C16H27N5O2S/c1-7-8-12-19-13-14(10(2)11(3)18-15(13)17)21(12)9-16(4,5)20-24(6,22)23/h20H,7-9H2,1-6H3,(H2,17,18). The normalized spacial score (nSPS) is 12.9. The Kier molecular flexibility index (Phi) is 4.92. The average Bonchev–Trinajstić information content (AvgIpc) is 2.73. The molecule has 2 aromatic rings. The van der Waals surface area contributed by atoms with Crippen molar-refractivity contribution in [3.63, 3.8) is 0 Å². The first kappa shape index (κ1) is 18.7. The first-order chi connectivity index (χ1) is 10.9. The number of pyridine rings is 1. The highest BCUT2D eigenvalue weighted by Gasteiger charge is 2.26. The molecule has 2 aromatic heterocycles. The van der Waals surface area contributed by atoms with Gasteiger partial charge in [-0.15, -0.1) is 0 Å². The summed E-state index contributed by atoms with van der Waals surface area (Å²) in [5, 5.41) is 0. The zero-order valence-corrected chi connectivity index (χ0v) is 16.1. The number of nitrogens with two attached hydrogens (primary N) is 1. The highest BCUT2D eigenvalue weighted by atomic mass is 32.2. The zero-order valence-electron chi connectivity index (χ0n) is 15.3. The number of sulfonamides is 1. The van der Waals surface area contributed by atoms with Crippen LogP contribution in [-0.4, -0.2) is 34.7 Å². The fraction of sp³-hybridized carbons (Fsp3) is 0.625. The molecule has 0 unspecified atom stereocenters. The Morgan fingerprint density at radius 2 is 1.88 bits per heavy atom. The van der Waals surface area contributed by atoms with Crippen LogP contribution < -0.4 is 10.5 Å². The first-order valence-corrected chi connectivity index (χ1v) is 9.95. The molecule has 0 bridgehead atoms. The molecule has 0 aromatic carbocycles. The van der Waals surface area contributed by atoms with Crippen LogP contribution in [0.4, 0.5) is 5.82 Å². The molecule has 2 rings (SSSR count). The maximum absolute atomic E-state index is 11.7. The van der Waals surface area contributed by atoms with Gasteiger partial charge in [-0.2, -0.15) is 0 Å². The van der Waals surface area contributed by atoms with E-state index >= 15 is 0 Å². The van der Waals surface area contributed by atoms with Crippen LogP contribution in [0, 0.1) is 13.8 Å². The summed E-state index contributed by atoms with van der Waals surface area (Å²) in [6.07, 6.45) is 2.90. The minimum atomic E-state index is -3.31. The maximum Gasteiger partial charge on any atom is 0.209 e. The second kappa shape index (κ2) is 6.33. The van der Waals surface area contributed by atoms with E-state index < -0.39 is 15.6 Å². The number of nitrogen functional groups attached to an aromatic ring is 1. The lowest BCUT2D eigenvalue weighted by atomic mass is 10.1. The van der Waals surface area contributed by atoms with E-state index in [1.807, 2.05) is 27.7 Å². The largest absolute Gasteiger partial charge is 0.382 e. The predicted molar refractivity (Wildman–Crippen MR) is 97.5 cm³/mol. The number of nitrogens with zero attached hydrogens (tertiary/aromatic N) is 3. The molecular weight excluding hydrogens is 326 g/mol. The van der Waals surface area contributed by atoms with E-state index in [0.717, 1.165) is 35.4 Å². The van der Waals surface area contributed by atoms with Gasteiger partial charge in [-0.3, -0.25) is 0 Å². The van der Waals surface area contributed by atoms with Crippen LogP contribution in [0.1, 0.15) is 44.3 Å². The van der Waals surface area contributed by atoms with Crippen molar-refractivity contribution in [2.45, 2.75) is 59.5 Å².